The molecule has 0 radical (unpaired) electrons. The van der Waals surface area contributed by atoms with Crippen LogP contribution >= 0.6 is 22.9 Å². The molecule has 1 aromatic carbocycles. The predicted octanol–water partition coefficient (Wildman–Crippen LogP) is 4.53. The summed E-state index contributed by atoms with van der Waals surface area (Å²) >= 11 is 5.81. The Morgan fingerprint density at radius 2 is 1.95 bits per heavy atom. The number of ether oxygens (including phenoxy) is 2. The fraction of sp³-hybridized carbons (Fsp3) is 0.167. The number of carbonyl (C=O) groups is 1. The van der Waals surface area contributed by atoms with Gasteiger partial charge in [-0.1, -0.05) is 53.3 Å². The molecule has 2 rings (SSSR count). The number of nitrogens with zero attached hydrogens (tertiary/aromatic N) is 1. The third-order valence-electron chi connectivity index (χ3n) is 2.21. The fourth-order valence-electron chi connectivity index (χ4n) is 1.35. The molecule has 0 saturated carbocycles. The van der Waals surface area contributed by atoms with Crippen LogP contribution in [0.1, 0.15) is 11.3 Å². The summed E-state index contributed by atoms with van der Waals surface area (Å²) in [5, 5.41) is -0.745. The molecule has 0 atom stereocenters. The van der Waals surface area contributed by atoms with Crippen LogP contribution in [-0.4, -0.2) is 11.1 Å². The van der Waals surface area contributed by atoms with Crippen molar-refractivity contribution in [2.45, 2.75) is 12.8 Å². The van der Waals surface area contributed by atoms with Crippen LogP contribution in [0.5, 0.6) is 5.06 Å². The molecule has 9 heteroatoms. The highest BCUT2D eigenvalue weighted by atomic mass is 35.5. The maximum atomic E-state index is 12.6. The van der Waals surface area contributed by atoms with Crippen molar-refractivity contribution in [3.05, 3.63) is 46.1 Å². The number of carbonyl (C=O) groups excluding carboxylic acids is 1. The number of hydrogen-bond acceptors (Lipinski definition) is 5. The number of halogens is 4. The molecule has 21 heavy (non-hydrogen) atoms. The molecule has 0 aliphatic rings. The van der Waals surface area contributed by atoms with E-state index in [0.29, 0.717) is 16.9 Å². The van der Waals surface area contributed by atoms with E-state index in [4.69, 9.17) is 16.3 Å². The van der Waals surface area contributed by atoms with E-state index in [1.807, 2.05) is 0 Å². The van der Waals surface area contributed by atoms with Crippen molar-refractivity contribution in [2.24, 2.45) is 0 Å². The molecule has 2 aromatic rings. The van der Waals surface area contributed by atoms with E-state index in [2.05, 4.69) is 9.72 Å². The van der Waals surface area contributed by atoms with Gasteiger partial charge in [-0.15, -0.1) is 0 Å². The van der Waals surface area contributed by atoms with Gasteiger partial charge in [0.15, 0.2) is 4.47 Å². The van der Waals surface area contributed by atoms with Gasteiger partial charge in [0.05, 0.1) is 0 Å². The summed E-state index contributed by atoms with van der Waals surface area (Å²) in [7, 11) is 0. The van der Waals surface area contributed by atoms with E-state index in [-0.39, 0.29) is 11.1 Å². The SMILES string of the molecule is O=C(OCc1ccccc1)Oc1sc(Cl)nc1C(F)(F)F. The maximum absolute atomic E-state index is 12.6. The first kappa shape index (κ1) is 15.6. The summed E-state index contributed by atoms with van der Waals surface area (Å²) in [6, 6.07) is 8.62. The molecule has 0 aliphatic heterocycles. The van der Waals surface area contributed by atoms with Gasteiger partial charge in [-0.2, -0.15) is 13.2 Å². The van der Waals surface area contributed by atoms with Gasteiger partial charge >= 0.3 is 12.3 Å². The van der Waals surface area contributed by atoms with Gasteiger partial charge in [0, 0.05) is 0 Å². The summed E-state index contributed by atoms with van der Waals surface area (Å²) in [6.45, 7) is -0.117. The van der Waals surface area contributed by atoms with Gasteiger partial charge in [0.25, 0.3) is 0 Å². The molecule has 0 bridgehead atoms. The van der Waals surface area contributed by atoms with Crippen molar-refractivity contribution < 1.29 is 27.4 Å². The van der Waals surface area contributed by atoms with Crippen LogP contribution in [0.4, 0.5) is 18.0 Å². The molecular formula is C12H7ClF3NO3S. The van der Waals surface area contributed by atoms with Crippen molar-refractivity contribution in [3.63, 3.8) is 0 Å². The van der Waals surface area contributed by atoms with Crippen LogP contribution in [0.25, 0.3) is 0 Å². The molecule has 0 unspecified atom stereocenters. The Kier molecular flexibility index (Phi) is 4.69. The highest BCUT2D eigenvalue weighted by molar-refractivity contribution is 7.17. The number of benzene rings is 1. The van der Waals surface area contributed by atoms with E-state index >= 15 is 0 Å². The van der Waals surface area contributed by atoms with E-state index < -0.39 is 23.1 Å². The molecule has 0 saturated heterocycles. The fourth-order valence-corrected chi connectivity index (χ4v) is 2.30. The first-order valence-electron chi connectivity index (χ1n) is 5.48. The zero-order valence-electron chi connectivity index (χ0n) is 10.2. The zero-order chi connectivity index (χ0) is 15.5. The topological polar surface area (TPSA) is 48.4 Å². The van der Waals surface area contributed by atoms with Gasteiger partial charge in [-0.3, -0.25) is 0 Å². The van der Waals surface area contributed by atoms with Gasteiger partial charge in [-0.05, 0) is 5.56 Å². The molecule has 1 aromatic heterocycles. The Morgan fingerprint density at radius 1 is 1.29 bits per heavy atom. The Morgan fingerprint density at radius 3 is 2.57 bits per heavy atom. The van der Waals surface area contributed by atoms with E-state index in [1.165, 1.54) is 0 Å². The van der Waals surface area contributed by atoms with Crippen molar-refractivity contribution >= 4 is 29.1 Å². The van der Waals surface area contributed by atoms with Crippen molar-refractivity contribution in [2.75, 3.05) is 0 Å². The first-order valence-corrected chi connectivity index (χ1v) is 6.68. The predicted molar refractivity (Wildman–Crippen MR) is 69.4 cm³/mol. The largest absolute Gasteiger partial charge is 0.515 e. The average Bonchev–Trinajstić information content (AvgIpc) is 2.78. The van der Waals surface area contributed by atoms with Crippen LogP contribution in [-0.2, 0) is 17.5 Å². The van der Waals surface area contributed by atoms with E-state index in [1.54, 1.807) is 30.3 Å². The van der Waals surface area contributed by atoms with E-state index in [9.17, 15) is 18.0 Å². The number of hydrogen-bond donors (Lipinski definition) is 0. The third-order valence-corrected chi connectivity index (χ3v) is 3.25. The summed E-state index contributed by atoms with van der Waals surface area (Å²) in [5.41, 5.74) is -0.679. The number of rotatable bonds is 3. The molecule has 4 nitrogen and oxygen atoms in total. The standard InChI is InChI=1S/C12H7ClF3NO3S/c13-10-17-8(12(14,15)16)9(21-10)20-11(18)19-6-7-4-2-1-3-5-7/h1-5H,6H2. The van der Waals surface area contributed by atoms with Gasteiger partial charge in [0.2, 0.25) is 10.8 Å². The maximum Gasteiger partial charge on any atom is 0.515 e. The van der Waals surface area contributed by atoms with Crippen LogP contribution in [0.3, 0.4) is 0 Å². The average molecular weight is 338 g/mol. The Balaban J connectivity index is 2.00. The molecule has 0 amide bonds. The lowest BCUT2D eigenvalue weighted by Gasteiger charge is -2.07. The summed E-state index contributed by atoms with van der Waals surface area (Å²) in [6.07, 6.45) is -6.02. The van der Waals surface area contributed by atoms with Crippen molar-refractivity contribution in [3.8, 4) is 5.06 Å². The summed E-state index contributed by atoms with van der Waals surface area (Å²) in [5.74, 6) is 0. The minimum atomic E-state index is -4.77. The molecule has 0 N–H and O–H groups in total. The van der Waals surface area contributed by atoms with Gasteiger partial charge in [-0.25, -0.2) is 9.78 Å². The first-order chi connectivity index (χ1) is 9.86. The van der Waals surface area contributed by atoms with Crippen molar-refractivity contribution in [1.29, 1.82) is 0 Å². The minimum Gasteiger partial charge on any atom is -0.429 e. The highest BCUT2D eigenvalue weighted by Gasteiger charge is 2.39. The Labute approximate surface area is 126 Å². The minimum absolute atomic E-state index is 0.117. The second-order valence-corrected chi connectivity index (χ2v) is 5.27. The lowest BCUT2D eigenvalue weighted by molar-refractivity contribution is -0.141. The second kappa shape index (κ2) is 6.31. The molecule has 0 aliphatic carbocycles. The van der Waals surface area contributed by atoms with Crippen molar-refractivity contribution in [1.82, 2.24) is 4.98 Å². The highest BCUT2D eigenvalue weighted by Crippen LogP contribution is 2.41. The van der Waals surface area contributed by atoms with Crippen LogP contribution in [0.2, 0.25) is 4.47 Å². The van der Waals surface area contributed by atoms with Crippen LogP contribution in [0.15, 0.2) is 30.3 Å². The summed E-state index contributed by atoms with van der Waals surface area (Å²) in [4.78, 5) is 14.5. The van der Waals surface area contributed by atoms with Gasteiger partial charge < -0.3 is 9.47 Å². The number of thiazole rings is 1. The summed E-state index contributed by atoms with van der Waals surface area (Å²) < 4.78 is 46.7. The monoisotopic (exact) mass is 337 g/mol. The molecule has 0 fully saturated rings. The zero-order valence-corrected chi connectivity index (χ0v) is 11.8. The number of alkyl halides is 3. The quantitative estimate of drug-likeness (QED) is 0.772. The normalized spacial score (nSPS) is 11.2. The second-order valence-electron chi connectivity index (χ2n) is 3.73. The Bertz CT molecular complexity index is 630. The molecule has 112 valence electrons. The lowest BCUT2D eigenvalue weighted by atomic mass is 10.2. The number of aromatic nitrogens is 1. The lowest BCUT2D eigenvalue weighted by Crippen LogP contribution is -2.13. The van der Waals surface area contributed by atoms with E-state index in [0.717, 1.165) is 0 Å². The molecule has 1 heterocycles. The van der Waals surface area contributed by atoms with Crippen LogP contribution < -0.4 is 4.74 Å². The third kappa shape index (κ3) is 4.33. The molecule has 0 spiro atoms. The van der Waals surface area contributed by atoms with Crippen LogP contribution in [0, 0.1) is 0 Å². The Hall–Kier alpha value is -1.80. The molecular weight excluding hydrogens is 331 g/mol. The smallest absolute Gasteiger partial charge is 0.429 e. The van der Waals surface area contributed by atoms with Gasteiger partial charge in [0.1, 0.15) is 6.61 Å².